The Labute approximate surface area is 195 Å². The Bertz CT molecular complexity index is 1170. The van der Waals surface area contributed by atoms with Crippen LogP contribution in [-0.2, 0) is 0 Å². The molecule has 1 aliphatic heterocycles. The molecule has 0 atom stereocenters. The number of rotatable bonds is 5. The Morgan fingerprint density at radius 3 is 2.09 bits per heavy atom. The first-order valence-electron chi connectivity index (χ1n) is 11.3. The summed E-state index contributed by atoms with van der Waals surface area (Å²) >= 11 is 0. The van der Waals surface area contributed by atoms with Crippen molar-refractivity contribution in [2.24, 2.45) is 0 Å². The van der Waals surface area contributed by atoms with Crippen molar-refractivity contribution in [3.8, 4) is 0 Å². The molecule has 1 fully saturated rings. The minimum atomic E-state index is -0.315. The summed E-state index contributed by atoms with van der Waals surface area (Å²) in [5.74, 6) is -0.186. The number of aryl methyl sites for hydroxylation is 3. The van der Waals surface area contributed by atoms with Crippen LogP contribution in [0.15, 0.2) is 60.7 Å². The van der Waals surface area contributed by atoms with Crippen LogP contribution in [0.25, 0.3) is 0 Å². The summed E-state index contributed by atoms with van der Waals surface area (Å²) in [4.78, 5) is 27.8. The molecule has 1 aliphatic rings. The molecule has 0 aromatic heterocycles. The Balaban J connectivity index is 1.55. The largest absolute Gasteiger partial charge is 0.370 e. The highest BCUT2D eigenvalue weighted by molar-refractivity contribution is 6.06. The number of carbonyl (C=O) groups excluding carboxylic acids is 2. The first-order valence-corrected chi connectivity index (χ1v) is 11.3. The van der Waals surface area contributed by atoms with Crippen molar-refractivity contribution in [3.63, 3.8) is 0 Å². The lowest BCUT2D eigenvalue weighted by molar-refractivity contribution is 0.102. The monoisotopic (exact) mass is 442 g/mol. The molecule has 0 unspecified atom stereocenters. The summed E-state index contributed by atoms with van der Waals surface area (Å²) in [5.41, 5.74) is 6.86. The Kier molecular flexibility index (Phi) is 6.63. The number of hydrogen-bond donors (Lipinski definition) is 3. The fourth-order valence-corrected chi connectivity index (χ4v) is 4.09. The van der Waals surface area contributed by atoms with Gasteiger partial charge in [-0.3, -0.25) is 4.79 Å². The third kappa shape index (κ3) is 5.52. The van der Waals surface area contributed by atoms with Gasteiger partial charge in [0.25, 0.3) is 5.91 Å². The van der Waals surface area contributed by atoms with Gasteiger partial charge in [0.15, 0.2) is 0 Å². The highest BCUT2D eigenvalue weighted by atomic mass is 16.2. The molecule has 1 heterocycles. The molecule has 3 N–H and O–H groups in total. The maximum Gasteiger partial charge on any atom is 0.323 e. The van der Waals surface area contributed by atoms with E-state index in [-0.39, 0.29) is 11.9 Å². The molecule has 6 heteroatoms. The van der Waals surface area contributed by atoms with Gasteiger partial charge in [-0.2, -0.15) is 0 Å². The van der Waals surface area contributed by atoms with Gasteiger partial charge in [-0.25, -0.2) is 4.79 Å². The van der Waals surface area contributed by atoms with Crippen molar-refractivity contribution in [1.29, 1.82) is 0 Å². The summed E-state index contributed by atoms with van der Waals surface area (Å²) < 4.78 is 0. The van der Waals surface area contributed by atoms with Crippen LogP contribution in [-0.4, -0.2) is 25.0 Å². The quantitative estimate of drug-likeness (QED) is 0.446. The van der Waals surface area contributed by atoms with Gasteiger partial charge in [0.05, 0.1) is 11.4 Å². The van der Waals surface area contributed by atoms with Crippen LogP contribution in [0.5, 0.6) is 0 Å². The molecular weight excluding hydrogens is 412 g/mol. The highest BCUT2D eigenvalue weighted by Crippen LogP contribution is 2.32. The zero-order valence-electron chi connectivity index (χ0n) is 19.4. The predicted molar refractivity (Wildman–Crippen MR) is 136 cm³/mol. The molecule has 6 nitrogen and oxygen atoms in total. The van der Waals surface area contributed by atoms with Gasteiger partial charge >= 0.3 is 6.03 Å². The zero-order valence-corrected chi connectivity index (χ0v) is 19.4. The first-order chi connectivity index (χ1) is 15.9. The molecule has 0 radical (unpaired) electrons. The number of nitrogens with one attached hydrogen (secondary N) is 3. The molecular formula is C27H30N4O2. The maximum absolute atomic E-state index is 12.8. The summed E-state index contributed by atoms with van der Waals surface area (Å²) in [5, 5.41) is 8.88. The van der Waals surface area contributed by atoms with E-state index >= 15 is 0 Å². The molecule has 3 aromatic carbocycles. The van der Waals surface area contributed by atoms with Crippen LogP contribution in [0.3, 0.4) is 0 Å². The maximum atomic E-state index is 12.8. The first kappa shape index (κ1) is 22.4. The number of hydrogen-bond acceptors (Lipinski definition) is 3. The summed E-state index contributed by atoms with van der Waals surface area (Å²) in [6.07, 6.45) is 2.25. The SMILES string of the molecule is Cc1ccc(C(=O)Nc2ccc(N3CCCC3)c(NC(=O)Nc3ccc(C)cc3C)c2)cc1. The van der Waals surface area contributed by atoms with Crippen molar-refractivity contribution in [3.05, 3.63) is 82.9 Å². The van der Waals surface area contributed by atoms with Crippen LogP contribution in [0, 0.1) is 20.8 Å². The van der Waals surface area contributed by atoms with E-state index in [0.29, 0.717) is 16.9 Å². The molecule has 0 bridgehead atoms. The van der Waals surface area contributed by atoms with Crippen LogP contribution in [0.2, 0.25) is 0 Å². The van der Waals surface area contributed by atoms with Crippen LogP contribution in [0.1, 0.15) is 39.9 Å². The van der Waals surface area contributed by atoms with E-state index in [1.165, 1.54) is 0 Å². The predicted octanol–water partition coefficient (Wildman–Crippen LogP) is 6.11. The zero-order chi connectivity index (χ0) is 23.4. The fourth-order valence-electron chi connectivity index (χ4n) is 4.09. The molecule has 0 saturated carbocycles. The lowest BCUT2D eigenvalue weighted by atomic mass is 10.1. The van der Waals surface area contributed by atoms with Gasteiger partial charge in [0.1, 0.15) is 0 Å². The van der Waals surface area contributed by atoms with Crippen molar-refractivity contribution < 1.29 is 9.59 Å². The standard InChI is InChI=1S/C27H30N4O2/c1-18-6-9-21(10-7-18)26(32)28-22-11-13-25(31-14-4-5-15-31)24(17-22)30-27(33)29-23-12-8-19(2)16-20(23)3/h6-13,16-17H,4-5,14-15H2,1-3H3,(H,28,32)(H2,29,30,33). The second-order valence-electron chi connectivity index (χ2n) is 8.64. The van der Waals surface area contributed by atoms with E-state index in [1.54, 1.807) is 12.1 Å². The second kappa shape index (κ2) is 9.77. The van der Waals surface area contributed by atoms with E-state index in [2.05, 4.69) is 20.9 Å². The third-order valence-electron chi connectivity index (χ3n) is 5.89. The van der Waals surface area contributed by atoms with E-state index in [1.807, 2.05) is 69.3 Å². The fraction of sp³-hybridized carbons (Fsp3) is 0.259. The van der Waals surface area contributed by atoms with Gasteiger partial charge in [0.2, 0.25) is 0 Å². The smallest absolute Gasteiger partial charge is 0.323 e. The lowest BCUT2D eigenvalue weighted by Gasteiger charge is -2.23. The number of carbonyl (C=O) groups is 2. The molecule has 4 rings (SSSR count). The Hall–Kier alpha value is -3.80. The van der Waals surface area contributed by atoms with Gasteiger partial charge < -0.3 is 20.9 Å². The van der Waals surface area contributed by atoms with Crippen LogP contribution in [0.4, 0.5) is 27.5 Å². The van der Waals surface area contributed by atoms with E-state index < -0.39 is 0 Å². The van der Waals surface area contributed by atoms with Crippen molar-refractivity contribution in [2.75, 3.05) is 33.9 Å². The van der Waals surface area contributed by atoms with E-state index in [4.69, 9.17) is 0 Å². The molecule has 170 valence electrons. The minimum absolute atomic E-state index is 0.186. The number of amides is 3. The average Bonchev–Trinajstić information content (AvgIpc) is 3.31. The number of benzene rings is 3. The minimum Gasteiger partial charge on any atom is -0.370 e. The van der Waals surface area contributed by atoms with Gasteiger partial charge in [-0.15, -0.1) is 0 Å². The number of urea groups is 1. The Morgan fingerprint density at radius 1 is 0.727 bits per heavy atom. The topological polar surface area (TPSA) is 73.5 Å². The van der Waals surface area contributed by atoms with Crippen molar-refractivity contribution >= 4 is 34.7 Å². The van der Waals surface area contributed by atoms with Crippen LogP contribution < -0.4 is 20.9 Å². The van der Waals surface area contributed by atoms with Gasteiger partial charge in [0, 0.05) is 30.0 Å². The molecule has 3 amide bonds. The normalized spacial score (nSPS) is 13.0. The van der Waals surface area contributed by atoms with Crippen LogP contribution >= 0.6 is 0 Å². The molecule has 1 saturated heterocycles. The average molecular weight is 443 g/mol. The third-order valence-corrected chi connectivity index (χ3v) is 5.89. The van der Waals surface area contributed by atoms with Gasteiger partial charge in [-0.1, -0.05) is 35.4 Å². The Morgan fingerprint density at radius 2 is 1.39 bits per heavy atom. The van der Waals surface area contributed by atoms with Crippen molar-refractivity contribution in [2.45, 2.75) is 33.6 Å². The summed E-state index contributed by atoms with van der Waals surface area (Å²) in [7, 11) is 0. The summed E-state index contributed by atoms with van der Waals surface area (Å²) in [6, 6.07) is 18.7. The second-order valence-corrected chi connectivity index (χ2v) is 8.64. The van der Waals surface area contributed by atoms with E-state index in [9.17, 15) is 9.59 Å². The molecule has 3 aromatic rings. The van der Waals surface area contributed by atoms with Gasteiger partial charge in [-0.05, 0) is 75.6 Å². The van der Waals surface area contributed by atoms with Crippen molar-refractivity contribution in [1.82, 2.24) is 0 Å². The number of nitrogens with zero attached hydrogens (tertiary/aromatic N) is 1. The summed E-state index contributed by atoms with van der Waals surface area (Å²) in [6.45, 7) is 7.87. The molecule has 0 spiro atoms. The molecule has 0 aliphatic carbocycles. The molecule has 33 heavy (non-hydrogen) atoms. The number of anilines is 4. The lowest BCUT2D eigenvalue weighted by Crippen LogP contribution is -2.24. The van der Waals surface area contributed by atoms with E-state index in [0.717, 1.165) is 54.0 Å². The highest BCUT2D eigenvalue weighted by Gasteiger charge is 2.18.